The topological polar surface area (TPSA) is 67.8 Å². The van der Waals surface area contributed by atoms with Crippen molar-refractivity contribution in [2.75, 3.05) is 25.6 Å². The normalized spacial score (nSPS) is 20.4. The highest BCUT2D eigenvalue weighted by molar-refractivity contribution is 5.77. The molecule has 1 aromatic carbocycles. The molecule has 98 valence electrons. The van der Waals surface area contributed by atoms with Crippen LogP contribution < -0.4 is 10.1 Å². The van der Waals surface area contributed by atoms with E-state index in [9.17, 15) is 9.90 Å². The van der Waals surface area contributed by atoms with E-state index in [1.807, 2.05) is 12.1 Å². The van der Waals surface area contributed by atoms with Crippen LogP contribution in [0.4, 0.5) is 5.69 Å². The summed E-state index contributed by atoms with van der Waals surface area (Å²) < 4.78 is 10.3. The molecule has 18 heavy (non-hydrogen) atoms. The van der Waals surface area contributed by atoms with Gasteiger partial charge in [-0.15, -0.1) is 0 Å². The number of nitrogens with one attached hydrogen (secondary N) is 1. The van der Waals surface area contributed by atoms with E-state index in [1.54, 1.807) is 19.2 Å². The molecule has 0 bridgehead atoms. The number of ether oxygens (including phenoxy) is 2. The molecule has 2 rings (SSSR count). The van der Waals surface area contributed by atoms with Crippen LogP contribution in [-0.4, -0.2) is 37.4 Å². The minimum atomic E-state index is -0.846. The van der Waals surface area contributed by atoms with Gasteiger partial charge >= 0.3 is 5.97 Å². The molecule has 5 heteroatoms. The Bertz CT molecular complexity index is 398. The van der Waals surface area contributed by atoms with Gasteiger partial charge < -0.3 is 19.9 Å². The van der Waals surface area contributed by atoms with Gasteiger partial charge in [-0.25, -0.2) is 4.79 Å². The van der Waals surface area contributed by atoms with Gasteiger partial charge in [0, 0.05) is 18.2 Å². The van der Waals surface area contributed by atoms with Gasteiger partial charge in [0.15, 0.2) is 0 Å². The Kier molecular flexibility index (Phi) is 4.04. The van der Waals surface area contributed by atoms with E-state index in [0.717, 1.165) is 17.9 Å². The summed E-state index contributed by atoms with van der Waals surface area (Å²) in [7, 11) is 1.60. The summed E-state index contributed by atoms with van der Waals surface area (Å²) in [6, 6.07) is 6.61. The molecule has 2 atom stereocenters. The molecule has 1 saturated heterocycles. The lowest BCUT2D eigenvalue weighted by atomic mass is 9.99. The van der Waals surface area contributed by atoms with Crippen LogP contribution in [0.3, 0.4) is 0 Å². The number of carboxylic acids is 1. The fraction of sp³-hybridized carbons (Fsp3) is 0.462. The highest BCUT2D eigenvalue weighted by Gasteiger charge is 2.31. The van der Waals surface area contributed by atoms with Crippen molar-refractivity contribution >= 4 is 11.7 Å². The number of rotatable bonds is 5. The number of methoxy groups -OCH3 is 1. The Morgan fingerprint density at radius 3 is 2.72 bits per heavy atom. The molecule has 0 spiro atoms. The van der Waals surface area contributed by atoms with Gasteiger partial charge in [0.05, 0.1) is 13.7 Å². The molecule has 1 aromatic rings. The molecule has 2 N–H and O–H groups in total. The minimum Gasteiger partial charge on any atom is -0.497 e. The Hall–Kier alpha value is -1.75. The molecule has 0 aliphatic carbocycles. The van der Waals surface area contributed by atoms with Crippen LogP contribution in [0, 0.1) is 5.92 Å². The Labute approximate surface area is 106 Å². The lowest BCUT2D eigenvalue weighted by Crippen LogP contribution is -2.37. The van der Waals surface area contributed by atoms with E-state index in [0.29, 0.717) is 13.2 Å². The maximum absolute atomic E-state index is 11.3. The van der Waals surface area contributed by atoms with Crippen LogP contribution in [0.5, 0.6) is 5.75 Å². The first kappa shape index (κ1) is 12.7. The van der Waals surface area contributed by atoms with Crippen molar-refractivity contribution in [3.8, 4) is 5.75 Å². The molecule has 0 radical (unpaired) electrons. The van der Waals surface area contributed by atoms with Crippen molar-refractivity contribution in [2.24, 2.45) is 5.92 Å². The van der Waals surface area contributed by atoms with E-state index >= 15 is 0 Å². The SMILES string of the molecule is COc1ccc(NC(C(=O)O)C2CCOC2)cc1. The lowest BCUT2D eigenvalue weighted by Gasteiger charge is -2.20. The molecule has 5 nitrogen and oxygen atoms in total. The van der Waals surface area contributed by atoms with E-state index < -0.39 is 12.0 Å². The van der Waals surface area contributed by atoms with Crippen LogP contribution in [-0.2, 0) is 9.53 Å². The Balaban J connectivity index is 2.05. The summed E-state index contributed by atoms with van der Waals surface area (Å²) in [6.45, 7) is 1.14. The van der Waals surface area contributed by atoms with Crippen molar-refractivity contribution in [3.05, 3.63) is 24.3 Å². The van der Waals surface area contributed by atoms with Crippen LogP contribution >= 0.6 is 0 Å². The quantitative estimate of drug-likeness (QED) is 0.832. The number of benzene rings is 1. The maximum Gasteiger partial charge on any atom is 0.326 e. The highest BCUT2D eigenvalue weighted by atomic mass is 16.5. The molecule has 1 aliphatic rings. The zero-order valence-electron chi connectivity index (χ0n) is 10.3. The predicted molar refractivity (Wildman–Crippen MR) is 67.0 cm³/mol. The van der Waals surface area contributed by atoms with Crippen molar-refractivity contribution in [3.63, 3.8) is 0 Å². The average molecular weight is 251 g/mol. The standard InChI is InChI=1S/C13H17NO4/c1-17-11-4-2-10(3-5-11)14-12(13(15)16)9-6-7-18-8-9/h2-5,9,12,14H,6-8H2,1H3,(H,15,16). The molecule has 0 saturated carbocycles. The maximum atomic E-state index is 11.3. The summed E-state index contributed by atoms with van der Waals surface area (Å²) in [6.07, 6.45) is 0.778. The van der Waals surface area contributed by atoms with E-state index in [1.165, 1.54) is 0 Å². The van der Waals surface area contributed by atoms with Crippen molar-refractivity contribution in [1.82, 2.24) is 0 Å². The minimum absolute atomic E-state index is 0.0181. The van der Waals surface area contributed by atoms with Gasteiger partial charge in [-0.1, -0.05) is 0 Å². The number of carboxylic acid groups (broad SMARTS) is 1. The second-order valence-corrected chi connectivity index (χ2v) is 4.31. The summed E-state index contributed by atoms with van der Waals surface area (Å²) >= 11 is 0. The molecule has 0 amide bonds. The average Bonchev–Trinajstić information content (AvgIpc) is 2.90. The summed E-state index contributed by atoms with van der Waals surface area (Å²) in [5, 5.41) is 12.3. The van der Waals surface area contributed by atoms with Gasteiger partial charge in [0.25, 0.3) is 0 Å². The third-order valence-corrected chi connectivity index (χ3v) is 3.11. The molecule has 0 aromatic heterocycles. The van der Waals surface area contributed by atoms with E-state index in [-0.39, 0.29) is 5.92 Å². The van der Waals surface area contributed by atoms with Crippen LogP contribution in [0.1, 0.15) is 6.42 Å². The highest BCUT2D eigenvalue weighted by Crippen LogP contribution is 2.22. The first-order valence-electron chi connectivity index (χ1n) is 5.92. The van der Waals surface area contributed by atoms with Gasteiger partial charge in [-0.3, -0.25) is 0 Å². The fourth-order valence-corrected chi connectivity index (χ4v) is 2.06. The zero-order chi connectivity index (χ0) is 13.0. The summed E-state index contributed by atoms with van der Waals surface area (Å²) in [5.41, 5.74) is 0.773. The molecular weight excluding hydrogens is 234 g/mol. The summed E-state index contributed by atoms with van der Waals surface area (Å²) in [4.78, 5) is 11.3. The fourth-order valence-electron chi connectivity index (χ4n) is 2.06. The molecule has 1 fully saturated rings. The third-order valence-electron chi connectivity index (χ3n) is 3.11. The molecule has 1 aliphatic heterocycles. The second-order valence-electron chi connectivity index (χ2n) is 4.31. The van der Waals surface area contributed by atoms with E-state index in [2.05, 4.69) is 5.32 Å². The Morgan fingerprint density at radius 2 is 2.22 bits per heavy atom. The number of carbonyl (C=O) groups is 1. The number of hydrogen-bond donors (Lipinski definition) is 2. The smallest absolute Gasteiger partial charge is 0.326 e. The van der Waals surface area contributed by atoms with Gasteiger partial charge in [0.1, 0.15) is 11.8 Å². The van der Waals surface area contributed by atoms with Gasteiger partial charge in [0.2, 0.25) is 0 Å². The molecular formula is C13H17NO4. The van der Waals surface area contributed by atoms with Crippen LogP contribution in [0.2, 0.25) is 0 Å². The molecule has 2 unspecified atom stereocenters. The Morgan fingerprint density at radius 1 is 1.50 bits per heavy atom. The predicted octanol–water partition coefficient (Wildman–Crippen LogP) is 1.60. The largest absolute Gasteiger partial charge is 0.497 e. The first-order chi connectivity index (χ1) is 8.70. The van der Waals surface area contributed by atoms with Crippen molar-refractivity contribution < 1.29 is 19.4 Å². The first-order valence-corrected chi connectivity index (χ1v) is 5.92. The molecule has 1 heterocycles. The van der Waals surface area contributed by atoms with Crippen LogP contribution in [0.15, 0.2) is 24.3 Å². The number of hydrogen-bond acceptors (Lipinski definition) is 4. The van der Waals surface area contributed by atoms with E-state index in [4.69, 9.17) is 9.47 Å². The number of aliphatic carboxylic acids is 1. The van der Waals surface area contributed by atoms with Crippen molar-refractivity contribution in [1.29, 1.82) is 0 Å². The van der Waals surface area contributed by atoms with Crippen molar-refractivity contribution in [2.45, 2.75) is 12.5 Å². The third kappa shape index (κ3) is 2.92. The zero-order valence-corrected chi connectivity index (χ0v) is 10.3. The monoisotopic (exact) mass is 251 g/mol. The number of anilines is 1. The van der Waals surface area contributed by atoms with Gasteiger partial charge in [-0.2, -0.15) is 0 Å². The van der Waals surface area contributed by atoms with Crippen LogP contribution in [0.25, 0.3) is 0 Å². The van der Waals surface area contributed by atoms with Gasteiger partial charge in [-0.05, 0) is 30.7 Å². The lowest BCUT2D eigenvalue weighted by molar-refractivity contribution is -0.139. The summed E-state index contributed by atoms with van der Waals surface area (Å²) in [5.74, 6) is -0.0810. The second kappa shape index (κ2) is 5.73.